The number of aromatic nitrogens is 9. The van der Waals surface area contributed by atoms with Gasteiger partial charge in [0.1, 0.15) is 23.9 Å². The molecule has 220 valence electrons. The van der Waals surface area contributed by atoms with Crippen LogP contribution in [0.1, 0.15) is 23.5 Å². The van der Waals surface area contributed by atoms with Gasteiger partial charge in [-0.2, -0.15) is 14.6 Å². The minimum atomic E-state index is -4.91. The van der Waals surface area contributed by atoms with Gasteiger partial charge >= 0.3 is 7.82 Å². The molecule has 4 aromatic heterocycles. The Balaban J connectivity index is 1.17. The van der Waals surface area contributed by atoms with Gasteiger partial charge in [0.25, 0.3) is 5.56 Å². The van der Waals surface area contributed by atoms with Crippen molar-refractivity contribution >= 4 is 48.3 Å². The molecule has 0 aromatic carbocycles. The number of ether oxygens (including phenoxy) is 1. The zero-order valence-corrected chi connectivity index (χ0v) is 22.4. The Hall–Kier alpha value is -3.27. The molecule has 0 amide bonds. The molecule has 41 heavy (non-hydrogen) atoms. The summed E-state index contributed by atoms with van der Waals surface area (Å²) in [7, 11) is -4.91. The van der Waals surface area contributed by atoms with Gasteiger partial charge in [0, 0.05) is 12.0 Å². The summed E-state index contributed by atoms with van der Waals surface area (Å²) in [5, 5.41) is 40.9. The molecule has 6 rings (SSSR count). The van der Waals surface area contributed by atoms with Gasteiger partial charge < -0.3 is 36.4 Å². The molecule has 8 atom stereocenters. The molecule has 20 nitrogen and oxygen atoms in total. The van der Waals surface area contributed by atoms with E-state index >= 15 is 0 Å². The zero-order chi connectivity index (χ0) is 29.1. The minimum Gasteiger partial charge on any atom is -0.395 e. The second-order valence-corrected chi connectivity index (χ2v) is 12.0. The van der Waals surface area contributed by atoms with Gasteiger partial charge in [0.2, 0.25) is 11.9 Å². The van der Waals surface area contributed by atoms with Gasteiger partial charge in [0.15, 0.2) is 16.8 Å². The van der Waals surface area contributed by atoms with Crippen molar-refractivity contribution in [1.82, 2.24) is 44.5 Å². The molecule has 4 aromatic rings. The first-order valence-electron chi connectivity index (χ1n) is 12.0. The molecule has 0 spiro atoms. The van der Waals surface area contributed by atoms with Crippen molar-refractivity contribution in [3.05, 3.63) is 28.4 Å². The van der Waals surface area contributed by atoms with E-state index in [1.807, 2.05) is 0 Å². The Morgan fingerprint density at radius 1 is 1.27 bits per heavy atom. The summed E-state index contributed by atoms with van der Waals surface area (Å²) in [5.74, 6) is -0.118. The average Bonchev–Trinajstić information content (AvgIpc) is 3.69. The van der Waals surface area contributed by atoms with Crippen LogP contribution < -0.4 is 17.0 Å². The SMILES string of the molecule is Nc1nc2c(nnn2[C@@H]2S[C@H](CO)[C@@H](O)[C@H]2OP(=O)(O)OC[C@H]2O[C@@H](c3cnn4c(N)ncnc34)C[C@@H]2O)c(=O)[nH]1. The number of hydrogen-bond acceptors (Lipinski definition) is 17. The van der Waals surface area contributed by atoms with Crippen molar-refractivity contribution < 1.29 is 38.6 Å². The highest BCUT2D eigenvalue weighted by Crippen LogP contribution is 2.53. The number of thioether (sulfide) groups is 1. The first-order valence-corrected chi connectivity index (χ1v) is 14.5. The Morgan fingerprint density at radius 2 is 2.07 bits per heavy atom. The summed E-state index contributed by atoms with van der Waals surface area (Å²) >= 11 is 0.959. The van der Waals surface area contributed by atoms with Crippen LogP contribution in [0.4, 0.5) is 11.9 Å². The molecule has 6 heterocycles. The fourth-order valence-corrected chi connectivity index (χ4v) is 7.13. The number of anilines is 2. The second-order valence-electron chi connectivity index (χ2n) is 9.26. The van der Waals surface area contributed by atoms with Crippen LogP contribution >= 0.6 is 19.6 Å². The topological polar surface area (TPSA) is 297 Å². The highest BCUT2D eigenvalue weighted by atomic mass is 32.2. The number of aliphatic hydroxyl groups excluding tert-OH is 3. The van der Waals surface area contributed by atoms with E-state index in [0.717, 1.165) is 16.4 Å². The molecule has 0 aliphatic carbocycles. The fourth-order valence-electron chi connectivity index (χ4n) is 4.72. The summed E-state index contributed by atoms with van der Waals surface area (Å²) in [6.07, 6.45) is -2.85. The summed E-state index contributed by atoms with van der Waals surface area (Å²) < 4.78 is 31.8. The summed E-state index contributed by atoms with van der Waals surface area (Å²) in [5.41, 5.74) is 11.4. The largest absolute Gasteiger partial charge is 0.472 e. The third kappa shape index (κ3) is 5.04. The quantitative estimate of drug-likeness (QED) is 0.101. The molecule has 0 saturated carbocycles. The van der Waals surface area contributed by atoms with E-state index in [2.05, 4.69) is 35.3 Å². The average molecular weight is 614 g/mol. The van der Waals surface area contributed by atoms with Gasteiger partial charge in [0.05, 0.1) is 43.0 Å². The fraction of sp³-hybridized carbons (Fsp3) is 0.526. The Kier molecular flexibility index (Phi) is 7.16. The molecule has 2 aliphatic heterocycles. The molecule has 0 bridgehead atoms. The standard InChI is InChI=1S/C19H24N11O9PS/c20-18-25-15-11(16(34)26-18)27-28-29(15)17-13(12(33)10(3-31)41-17)39-40(35,36)37-4-9-7(32)1-8(38-9)6-2-24-30-14(6)22-5-23-19(30)21/h2,5,7-10,12-13,17,31-33H,1,3-4H2,(H,35,36)(H2,21,22,23)(H3,20,25,26,34)/t7-,8+,9+,10+,12+,13+,17+/m0/s1. The third-order valence-electron chi connectivity index (χ3n) is 6.67. The van der Waals surface area contributed by atoms with E-state index in [1.54, 1.807) is 0 Å². The number of rotatable bonds is 8. The predicted octanol–water partition coefficient (Wildman–Crippen LogP) is -2.52. The second kappa shape index (κ2) is 10.5. The van der Waals surface area contributed by atoms with Crippen molar-refractivity contribution in [3.63, 3.8) is 0 Å². The van der Waals surface area contributed by atoms with Crippen LogP contribution in [-0.2, 0) is 18.3 Å². The van der Waals surface area contributed by atoms with Crippen molar-refractivity contribution in [2.75, 3.05) is 24.7 Å². The molecule has 22 heteroatoms. The Labute approximate surface area is 232 Å². The summed E-state index contributed by atoms with van der Waals surface area (Å²) in [6, 6.07) is 0. The van der Waals surface area contributed by atoms with E-state index in [4.69, 9.17) is 25.3 Å². The highest BCUT2D eigenvalue weighted by molar-refractivity contribution is 8.00. The first kappa shape index (κ1) is 27.9. The number of aliphatic hydroxyl groups is 3. The van der Waals surface area contributed by atoms with Crippen LogP contribution in [0, 0.1) is 0 Å². The van der Waals surface area contributed by atoms with Crippen LogP contribution in [0.2, 0.25) is 0 Å². The number of nitrogens with two attached hydrogens (primary N) is 2. The number of aromatic amines is 1. The van der Waals surface area contributed by atoms with Crippen LogP contribution in [0.25, 0.3) is 16.8 Å². The minimum absolute atomic E-state index is 0.0648. The highest BCUT2D eigenvalue weighted by Gasteiger charge is 2.50. The predicted molar refractivity (Wildman–Crippen MR) is 138 cm³/mol. The monoisotopic (exact) mass is 613 g/mol. The van der Waals surface area contributed by atoms with Crippen LogP contribution in [0.5, 0.6) is 0 Å². The molecule has 0 radical (unpaired) electrons. The van der Waals surface area contributed by atoms with Crippen LogP contribution in [0.15, 0.2) is 17.3 Å². The molecular formula is C19H24N11O9PS. The van der Waals surface area contributed by atoms with Crippen LogP contribution in [0.3, 0.4) is 0 Å². The van der Waals surface area contributed by atoms with E-state index in [9.17, 15) is 29.6 Å². The number of nitrogens with one attached hydrogen (secondary N) is 1. The first-order chi connectivity index (χ1) is 19.6. The number of H-pyrrole nitrogens is 1. The lowest BCUT2D eigenvalue weighted by Gasteiger charge is -2.25. The van der Waals surface area contributed by atoms with Gasteiger partial charge in [-0.3, -0.25) is 18.8 Å². The lowest BCUT2D eigenvalue weighted by atomic mass is 10.1. The van der Waals surface area contributed by atoms with E-state index < -0.39 is 67.7 Å². The lowest BCUT2D eigenvalue weighted by molar-refractivity contribution is -0.0360. The Bertz CT molecular complexity index is 1700. The van der Waals surface area contributed by atoms with E-state index in [-0.39, 0.29) is 29.5 Å². The zero-order valence-electron chi connectivity index (χ0n) is 20.7. The molecule has 2 saturated heterocycles. The van der Waals surface area contributed by atoms with Gasteiger partial charge in [-0.05, 0) is 0 Å². The number of fused-ring (bicyclic) bond motifs is 2. The van der Waals surface area contributed by atoms with Crippen molar-refractivity contribution in [2.45, 2.75) is 47.6 Å². The normalized spacial score (nSPS) is 29.9. The maximum atomic E-state index is 13.0. The smallest absolute Gasteiger partial charge is 0.395 e. The van der Waals surface area contributed by atoms with E-state index in [1.165, 1.54) is 17.0 Å². The Morgan fingerprint density at radius 3 is 2.85 bits per heavy atom. The summed E-state index contributed by atoms with van der Waals surface area (Å²) in [4.78, 5) is 37.0. The van der Waals surface area contributed by atoms with Gasteiger partial charge in [-0.25, -0.2) is 19.2 Å². The third-order valence-corrected chi connectivity index (χ3v) is 9.18. The van der Waals surface area contributed by atoms with Crippen molar-refractivity contribution in [3.8, 4) is 0 Å². The number of phosphoric acid groups is 1. The number of nitrogen functional groups attached to an aromatic ring is 2. The van der Waals surface area contributed by atoms with Gasteiger partial charge in [-0.1, -0.05) is 5.21 Å². The summed E-state index contributed by atoms with van der Waals surface area (Å²) in [6.45, 7) is -1.06. The maximum Gasteiger partial charge on any atom is 0.472 e. The lowest BCUT2D eigenvalue weighted by Crippen LogP contribution is -2.35. The van der Waals surface area contributed by atoms with Crippen LogP contribution in [-0.4, -0.2) is 108 Å². The molecular weight excluding hydrogens is 589 g/mol. The van der Waals surface area contributed by atoms with E-state index in [0.29, 0.717) is 11.2 Å². The van der Waals surface area contributed by atoms with Crippen molar-refractivity contribution in [2.24, 2.45) is 0 Å². The maximum absolute atomic E-state index is 13.0. The van der Waals surface area contributed by atoms with Crippen molar-refractivity contribution in [1.29, 1.82) is 0 Å². The molecule has 1 unspecified atom stereocenters. The number of phosphoric ester groups is 1. The van der Waals surface area contributed by atoms with Gasteiger partial charge in [-0.15, -0.1) is 16.9 Å². The number of nitrogens with zero attached hydrogens (tertiary/aromatic N) is 8. The molecule has 2 fully saturated rings. The molecule has 2 aliphatic rings. The molecule has 9 N–H and O–H groups in total. The number of hydrogen-bond donors (Lipinski definition) is 7.